The highest BCUT2D eigenvalue weighted by Crippen LogP contribution is 2.06. The Kier molecular flexibility index (Phi) is 4.05. The number of carbonyl (C=O) groups is 2. The summed E-state index contributed by atoms with van der Waals surface area (Å²) in [5.74, 6) is -0.912. The fourth-order valence-electron chi connectivity index (χ4n) is 1.49. The smallest absolute Gasteiger partial charge is 0.302 e. The quantitative estimate of drug-likeness (QED) is 0.813. The van der Waals surface area contributed by atoms with Crippen LogP contribution in [0, 0.1) is 13.8 Å². The maximum absolute atomic E-state index is 11.7. The van der Waals surface area contributed by atoms with E-state index in [1.165, 1.54) is 0 Å². The maximum atomic E-state index is 11.7. The zero-order valence-electron chi connectivity index (χ0n) is 11.2. The third-order valence-electron chi connectivity index (χ3n) is 2.52. The summed E-state index contributed by atoms with van der Waals surface area (Å²) in [6.07, 6.45) is 3.17. The number of hydrogen-bond donors (Lipinski definition) is 2. The van der Waals surface area contributed by atoms with Gasteiger partial charge in [-0.3, -0.25) is 9.59 Å². The van der Waals surface area contributed by atoms with Crippen molar-refractivity contribution in [2.75, 3.05) is 10.6 Å². The summed E-state index contributed by atoms with van der Waals surface area (Å²) in [7, 11) is 0. The predicted octanol–water partition coefficient (Wildman–Crippen LogP) is 1.67. The van der Waals surface area contributed by atoms with E-state index in [0.29, 0.717) is 11.6 Å². The van der Waals surface area contributed by atoms with E-state index in [1.54, 1.807) is 36.7 Å². The van der Waals surface area contributed by atoms with Crippen LogP contribution in [0.5, 0.6) is 0 Å². The zero-order valence-corrected chi connectivity index (χ0v) is 11.2. The molecule has 0 radical (unpaired) electrons. The van der Waals surface area contributed by atoms with Crippen LogP contribution in [0.4, 0.5) is 11.6 Å². The average molecular weight is 270 g/mol. The Labute approximate surface area is 116 Å². The highest BCUT2D eigenvalue weighted by Gasteiger charge is 2.14. The summed E-state index contributed by atoms with van der Waals surface area (Å²) >= 11 is 0. The molecule has 0 saturated carbocycles. The molecular weight excluding hydrogens is 256 g/mol. The number of amides is 2. The van der Waals surface area contributed by atoms with Crippen LogP contribution in [-0.2, 0) is 9.59 Å². The van der Waals surface area contributed by atoms with Crippen LogP contribution in [0.25, 0.3) is 0 Å². The lowest BCUT2D eigenvalue weighted by atomic mass is 10.3. The van der Waals surface area contributed by atoms with Crippen molar-refractivity contribution in [3.05, 3.63) is 47.8 Å². The largest absolute Gasteiger partial charge is 0.315 e. The first-order valence-corrected chi connectivity index (χ1v) is 6.02. The minimum absolute atomic E-state index is 0.327. The Balaban J connectivity index is 1.98. The minimum atomic E-state index is -0.787. The van der Waals surface area contributed by atoms with Gasteiger partial charge in [-0.25, -0.2) is 9.97 Å². The van der Waals surface area contributed by atoms with Gasteiger partial charge in [-0.15, -0.1) is 0 Å². The molecule has 2 amide bonds. The number of nitrogens with one attached hydrogen (secondary N) is 2. The second-order valence-corrected chi connectivity index (χ2v) is 4.35. The van der Waals surface area contributed by atoms with Crippen molar-refractivity contribution >= 4 is 23.5 Å². The van der Waals surface area contributed by atoms with Crippen LogP contribution in [0.3, 0.4) is 0 Å². The van der Waals surface area contributed by atoms with Crippen LogP contribution >= 0.6 is 0 Å². The SMILES string of the molecule is Cc1ccc(NC(=O)C(=O)Nc2cc(C)ccn2)nc1. The van der Waals surface area contributed by atoms with Crippen molar-refractivity contribution in [1.82, 2.24) is 9.97 Å². The fraction of sp³-hybridized carbons (Fsp3) is 0.143. The van der Waals surface area contributed by atoms with E-state index in [1.807, 2.05) is 13.8 Å². The van der Waals surface area contributed by atoms with E-state index < -0.39 is 11.8 Å². The molecule has 0 unspecified atom stereocenters. The Morgan fingerprint density at radius 3 is 2.20 bits per heavy atom. The van der Waals surface area contributed by atoms with E-state index in [2.05, 4.69) is 20.6 Å². The van der Waals surface area contributed by atoms with Gasteiger partial charge in [0.05, 0.1) is 0 Å². The first kappa shape index (κ1) is 13.7. The summed E-state index contributed by atoms with van der Waals surface area (Å²) in [6.45, 7) is 3.75. The molecule has 0 aromatic carbocycles. The molecule has 2 heterocycles. The van der Waals surface area contributed by atoms with Crippen molar-refractivity contribution < 1.29 is 9.59 Å². The van der Waals surface area contributed by atoms with Gasteiger partial charge in [0.1, 0.15) is 11.6 Å². The minimum Gasteiger partial charge on any atom is -0.302 e. The van der Waals surface area contributed by atoms with E-state index in [0.717, 1.165) is 11.1 Å². The lowest BCUT2D eigenvalue weighted by Gasteiger charge is -2.06. The third kappa shape index (κ3) is 3.61. The van der Waals surface area contributed by atoms with Crippen LogP contribution in [0.15, 0.2) is 36.7 Å². The highest BCUT2D eigenvalue weighted by molar-refractivity contribution is 6.43. The summed E-state index contributed by atoms with van der Waals surface area (Å²) in [6, 6.07) is 6.90. The molecule has 0 spiro atoms. The van der Waals surface area contributed by atoms with Gasteiger partial charge in [-0.1, -0.05) is 6.07 Å². The first-order chi connectivity index (χ1) is 9.54. The van der Waals surface area contributed by atoms with Gasteiger partial charge in [0.2, 0.25) is 0 Å². The molecule has 0 aliphatic rings. The molecule has 2 aromatic heterocycles. The second-order valence-electron chi connectivity index (χ2n) is 4.35. The zero-order chi connectivity index (χ0) is 14.5. The van der Waals surface area contributed by atoms with E-state index in [4.69, 9.17) is 0 Å². The molecule has 0 bridgehead atoms. The molecule has 2 rings (SSSR count). The number of rotatable bonds is 2. The number of carbonyl (C=O) groups excluding carboxylic acids is 2. The molecule has 6 heteroatoms. The van der Waals surface area contributed by atoms with Crippen molar-refractivity contribution in [1.29, 1.82) is 0 Å². The topological polar surface area (TPSA) is 84.0 Å². The van der Waals surface area contributed by atoms with Gasteiger partial charge >= 0.3 is 11.8 Å². The molecule has 102 valence electrons. The van der Waals surface area contributed by atoms with E-state index in [9.17, 15) is 9.59 Å². The van der Waals surface area contributed by atoms with Gasteiger partial charge in [-0.05, 0) is 43.2 Å². The van der Waals surface area contributed by atoms with Gasteiger partial charge in [0, 0.05) is 12.4 Å². The van der Waals surface area contributed by atoms with Crippen LogP contribution < -0.4 is 10.6 Å². The molecular formula is C14H14N4O2. The number of aryl methyl sites for hydroxylation is 2. The van der Waals surface area contributed by atoms with Crippen molar-refractivity contribution in [2.45, 2.75) is 13.8 Å². The van der Waals surface area contributed by atoms with E-state index >= 15 is 0 Å². The van der Waals surface area contributed by atoms with Gasteiger partial charge < -0.3 is 10.6 Å². The number of nitrogens with zero attached hydrogens (tertiary/aromatic N) is 2. The summed E-state index contributed by atoms with van der Waals surface area (Å²) in [5, 5.41) is 4.84. The average Bonchev–Trinajstić information content (AvgIpc) is 2.41. The van der Waals surface area contributed by atoms with Crippen molar-refractivity contribution in [3.8, 4) is 0 Å². The molecule has 6 nitrogen and oxygen atoms in total. The molecule has 20 heavy (non-hydrogen) atoms. The molecule has 2 N–H and O–H groups in total. The number of hydrogen-bond acceptors (Lipinski definition) is 4. The lowest BCUT2D eigenvalue weighted by Crippen LogP contribution is -2.29. The summed E-state index contributed by atoms with van der Waals surface area (Å²) in [5.41, 5.74) is 1.91. The van der Waals surface area contributed by atoms with Crippen LogP contribution in [0.2, 0.25) is 0 Å². The number of pyridine rings is 2. The molecule has 0 saturated heterocycles. The van der Waals surface area contributed by atoms with Crippen LogP contribution in [0.1, 0.15) is 11.1 Å². The second kappa shape index (κ2) is 5.92. The van der Waals surface area contributed by atoms with E-state index in [-0.39, 0.29) is 0 Å². The summed E-state index contributed by atoms with van der Waals surface area (Å²) < 4.78 is 0. The summed E-state index contributed by atoms with van der Waals surface area (Å²) in [4.78, 5) is 31.3. The molecule has 0 atom stereocenters. The monoisotopic (exact) mass is 270 g/mol. The van der Waals surface area contributed by atoms with Gasteiger partial charge in [0.25, 0.3) is 0 Å². The van der Waals surface area contributed by atoms with Gasteiger partial charge in [-0.2, -0.15) is 0 Å². The molecule has 0 fully saturated rings. The van der Waals surface area contributed by atoms with Gasteiger partial charge in [0.15, 0.2) is 0 Å². The predicted molar refractivity (Wildman–Crippen MR) is 75.2 cm³/mol. The first-order valence-electron chi connectivity index (χ1n) is 6.02. The maximum Gasteiger partial charge on any atom is 0.315 e. The van der Waals surface area contributed by atoms with Crippen molar-refractivity contribution in [2.24, 2.45) is 0 Å². The third-order valence-corrected chi connectivity index (χ3v) is 2.52. The normalized spacial score (nSPS) is 9.90. The standard InChI is InChI=1S/C14H14N4O2/c1-9-5-6-15-12(7-9)18-14(20)13(19)17-11-4-3-10(2)8-16-11/h3-8H,1-2H3,(H,15,18,20)(H,16,17,19). The molecule has 2 aromatic rings. The van der Waals surface area contributed by atoms with Crippen molar-refractivity contribution in [3.63, 3.8) is 0 Å². The number of anilines is 2. The molecule has 0 aliphatic heterocycles. The Morgan fingerprint density at radius 1 is 0.900 bits per heavy atom. The fourth-order valence-corrected chi connectivity index (χ4v) is 1.49. The molecule has 0 aliphatic carbocycles. The number of aromatic nitrogens is 2. The lowest BCUT2D eigenvalue weighted by molar-refractivity contribution is -0.133. The highest BCUT2D eigenvalue weighted by atomic mass is 16.2. The van der Waals surface area contributed by atoms with Crippen LogP contribution in [-0.4, -0.2) is 21.8 Å². The Bertz CT molecular complexity index is 638. The Morgan fingerprint density at radius 2 is 1.60 bits per heavy atom. The Hall–Kier alpha value is -2.76.